The Hall–Kier alpha value is -2.02. The molecule has 1 aliphatic rings. The van der Waals surface area contributed by atoms with Crippen LogP contribution in [0.15, 0.2) is 18.2 Å². The van der Waals surface area contributed by atoms with E-state index in [0.717, 1.165) is 17.7 Å². The summed E-state index contributed by atoms with van der Waals surface area (Å²) in [5.41, 5.74) is 2.51. The Morgan fingerprint density at radius 3 is 2.68 bits per heavy atom. The number of nitrogens with zero attached hydrogens (tertiary/aromatic N) is 3. The highest BCUT2D eigenvalue weighted by molar-refractivity contribution is 6.00. The van der Waals surface area contributed by atoms with Crippen molar-refractivity contribution >= 4 is 11.6 Å². The molecule has 0 fully saturated rings. The van der Waals surface area contributed by atoms with E-state index in [1.54, 1.807) is 4.90 Å². The van der Waals surface area contributed by atoms with Gasteiger partial charge in [0.2, 0.25) is 0 Å². The average Bonchev–Trinajstić information content (AvgIpc) is 2.70. The minimum atomic E-state index is -0.461. The van der Waals surface area contributed by atoms with Crippen molar-refractivity contribution in [3.8, 4) is 6.07 Å². The molecule has 4 heteroatoms. The second kappa shape index (κ2) is 4.93. The number of fused-ring (bicyclic) bond motifs is 1. The maximum absolute atomic E-state index is 12.4. The molecular formula is C15H19N3O. The van der Waals surface area contributed by atoms with Crippen LogP contribution in [0, 0.1) is 11.3 Å². The SMILES string of the molecule is CCC(C)N1C(=O)c2ccc(N(C)C)cc2C1C#N. The van der Waals surface area contributed by atoms with E-state index in [-0.39, 0.29) is 11.9 Å². The number of carbonyl (C=O) groups excluding carboxylic acids is 1. The Balaban J connectivity index is 2.50. The second-order valence-electron chi connectivity index (χ2n) is 5.17. The molecule has 19 heavy (non-hydrogen) atoms. The number of carbonyl (C=O) groups is 1. The summed E-state index contributed by atoms with van der Waals surface area (Å²) in [6.45, 7) is 4.02. The van der Waals surface area contributed by atoms with E-state index in [1.807, 2.05) is 51.0 Å². The fourth-order valence-electron chi connectivity index (χ4n) is 2.44. The van der Waals surface area contributed by atoms with Gasteiger partial charge in [0.05, 0.1) is 6.07 Å². The molecular weight excluding hydrogens is 238 g/mol. The lowest BCUT2D eigenvalue weighted by molar-refractivity contribution is 0.0684. The first-order chi connectivity index (χ1) is 9.01. The molecule has 0 saturated carbocycles. The lowest BCUT2D eigenvalue weighted by Crippen LogP contribution is -2.35. The molecule has 2 atom stereocenters. The van der Waals surface area contributed by atoms with Gasteiger partial charge < -0.3 is 9.80 Å². The van der Waals surface area contributed by atoms with Crippen molar-refractivity contribution in [3.63, 3.8) is 0 Å². The number of amides is 1. The van der Waals surface area contributed by atoms with Crippen molar-refractivity contribution in [2.75, 3.05) is 19.0 Å². The fourth-order valence-corrected chi connectivity index (χ4v) is 2.44. The third-order valence-corrected chi connectivity index (χ3v) is 3.78. The van der Waals surface area contributed by atoms with Crippen molar-refractivity contribution in [2.24, 2.45) is 0 Å². The summed E-state index contributed by atoms with van der Waals surface area (Å²) in [6, 6.07) is 7.59. The van der Waals surface area contributed by atoms with Crippen LogP contribution in [0.3, 0.4) is 0 Å². The number of benzene rings is 1. The molecule has 0 aliphatic carbocycles. The summed E-state index contributed by atoms with van der Waals surface area (Å²) in [5, 5.41) is 9.42. The first kappa shape index (κ1) is 13.4. The second-order valence-corrected chi connectivity index (χ2v) is 5.17. The predicted molar refractivity (Wildman–Crippen MR) is 75.0 cm³/mol. The largest absolute Gasteiger partial charge is 0.378 e. The Labute approximate surface area is 114 Å². The quantitative estimate of drug-likeness (QED) is 0.836. The standard InChI is InChI=1S/C15H19N3O/c1-5-10(2)18-14(9-16)13-8-11(17(3)4)6-7-12(13)15(18)19/h6-8,10,14H,5H2,1-4H3. The molecule has 100 valence electrons. The molecule has 0 N–H and O–H groups in total. The van der Waals surface area contributed by atoms with Crippen molar-refractivity contribution in [3.05, 3.63) is 29.3 Å². The first-order valence-corrected chi connectivity index (χ1v) is 6.54. The molecule has 1 aromatic carbocycles. The maximum atomic E-state index is 12.4. The van der Waals surface area contributed by atoms with Gasteiger partial charge in [-0.05, 0) is 31.5 Å². The van der Waals surface area contributed by atoms with E-state index < -0.39 is 6.04 Å². The van der Waals surface area contributed by atoms with Gasteiger partial charge in [-0.3, -0.25) is 4.79 Å². The van der Waals surface area contributed by atoms with E-state index in [1.165, 1.54) is 0 Å². The van der Waals surface area contributed by atoms with Gasteiger partial charge in [-0.25, -0.2) is 0 Å². The molecule has 0 saturated heterocycles. The summed E-state index contributed by atoms with van der Waals surface area (Å²) >= 11 is 0. The zero-order valence-corrected chi connectivity index (χ0v) is 11.8. The summed E-state index contributed by atoms with van der Waals surface area (Å²) in [7, 11) is 3.90. The molecule has 1 aromatic rings. The first-order valence-electron chi connectivity index (χ1n) is 6.54. The van der Waals surface area contributed by atoms with Gasteiger partial charge in [0.1, 0.15) is 6.04 Å². The van der Waals surface area contributed by atoms with Gasteiger partial charge >= 0.3 is 0 Å². The van der Waals surface area contributed by atoms with Crippen molar-refractivity contribution in [1.82, 2.24) is 4.90 Å². The van der Waals surface area contributed by atoms with Crippen LogP contribution in [0.4, 0.5) is 5.69 Å². The van der Waals surface area contributed by atoms with Crippen LogP contribution in [0.25, 0.3) is 0 Å². The van der Waals surface area contributed by atoms with Crippen LogP contribution >= 0.6 is 0 Å². The normalized spacial score (nSPS) is 19.0. The van der Waals surface area contributed by atoms with Gasteiger partial charge in [-0.1, -0.05) is 6.92 Å². The highest BCUT2D eigenvalue weighted by Crippen LogP contribution is 2.37. The third-order valence-electron chi connectivity index (χ3n) is 3.78. The Morgan fingerprint density at radius 2 is 2.16 bits per heavy atom. The van der Waals surface area contributed by atoms with E-state index in [0.29, 0.717) is 5.56 Å². The number of nitriles is 1. The lowest BCUT2D eigenvalue weighted by atomic mass is 10.0. The number of hydrogen-bond acceptors (Lipinski definition) is 3. The number of anilines is 1. The topological polar surface area (TPSA) is 47.3 Å². The van der Waals surface area contributed by atoms with Gasteiger partial charge in [0, 0.05) is 37.0 Å². The van der Waals surface area contributed by atoms with Crippen LogP contribution in [-0.2, 0) is 0 Å². The van der Waals surface area contributed by atoms with Gasteiger partial charge in [-0.2, -0.15) is 5.26 Å². The highest BCUT2D eigenvalue weighted by atomic mass is 16.2. The lowest BCUT2D eigenvalue weighted by Gasteiger charge is -2.26. The van der Waals surface area contributed by atoms with Crippen LogP contribution in [0.5, 0.6) is 0 Å². The van der Waals surface area contributed by atoms with E-state index in [9.17, 15) is 10.1 Å². The Kier molecular flexibility index (Phi) is 3.48. The number of rotatable bonds is 3. The minimum absolute atomic E-state index is 0.0267. The minimum Gasteiger partial charge on any atom is -0.378 e. The molecule has 0 bridgehead atoms. The molecule has 1 amide bonds. The number of hydrogen-bond donors (Lipinski definition) is 0. The zero-order chi connectivity index (χ0) is 14.2. The molecule has 0 radical (unpaired) electrons. The van der Waals surface area contributed by atoms with E-state index in [4.69, 9.17) is 0 Å². The molecule has 0 aromatic heterocycles. The van der Waals surface area contributed by atoms with E-state index >= 15 is 0 Å². The molecule has 2 unspecified atom stereocenters. The Morgan fingerprint density at radius 1 is 1.47 bits per heavy atom. The van der Waals surface area contributed by atoms with Crippen LogP contribution in [0.2, 0.25) is 0 Å². The molecule has 4 nitrogen and oxygen atoms in total. The predicted octanol–water partition coefficient (Wildman–Crippen LogP) is 2.57. The highest BCUT2D eigenvalue weighted by Gasteiger charge is 2.39. The summed E-state index contributed by atoms with van der Waals surface area (Å²) in [5.74, 6) is -0.0267. The summed E-state index contributed by atoms with van der Waals surface area (Å²) in [6.07, 6.45) is 0.846. The molecule has 2 rings (SSSR count). The average molecular weight is 257 g/mol. The summed E-state index contributed by atoms with van der Waals surface area (Å²) < 4.78 is 0. The smallest absolute Gasteiger partial charge is 0.255 e. The van der Waals surface area contributed by atoms with Crippen molar-refractivity contribution in [1.29, 1.82) is 5.26 Å². The molecule has 1 heterocycles. The fraction of sp³-hybridized carbons (Fsp3) is 0.467. The van der Waals surface area contributed by atoms with Crippen LogP contribution < -0.4 is 4.90 Å². The van der Waals surface area contributed by atoms with Gasteiger partial charge in [0.15, 0.2) is 0 Å². The third kappa shape index (κ3) is 2.06. The Bertz CT molecular complexity index is 545. The summed E-state index contributed by atoms with van der Waals surface area (Å²) in [4.78, 5) is 16.1. The molecule has 1 aliphatic heterocycles. The van der Waals surface area contributed by atoms with Crippen LogP contribution in [-0.4, -0.2) is 30.9 Å². The van der Waals surface area contributed by atoms with Crippen LogP contribution in [0.1, 0.15) is 42.2 Å². The van der Waals surface area contributed by atoms with E-state index in [2.05, 4.69) is 6.07 Å². The van der Waals surface area contributed by atoms with Crippen molar-refractivity contribution in [2.45, 2.75) is 32.4 Å². The van der Waals surface area contributed by atoms with Gasteiger partial charge in [0.25, 0.3) is 5.91 Å². The molecule has 0 spiro atoms. The monoisotopic (exact) mass is 257 g/mol. The maximum Gasteiger partial charge on any atom is 0.255 e. The zero-order valence-electron chi connectivity index (χ0n) is 11.8. The van der Waals surface area contributed by atoms with Crippen molar-refractivity contribution < 1.29 is 4.79 Å². The van der Waals surface area contributed by atoms with Gasteiger partial charge in [-0.15, -0.1) is 0 Å².